The highest BCUT2D eigenvalue weighted by atomic mass is 32.3. The fourth-order valence-corrected chi connectivity index (χ4v) is 5.02. The summed E-state index contributed by atoms with van der Waals surface area (Å²) in [7, 11) is -3.69. The third-order valence-electron chi connectivity index (χ3n) is 4.75. The van der Waals surface area contributed by atoms with Crippen LogP contribution in [0.25, 0.3) is 0 Å². The van der Waals surface area contributed by atoms with Crippen LogP contribution in [-0.4, -0.2) is 41.5 Å². The second kappa shape index (κ2) is 7.84. The molecule has 0 spiro atoms. The van der Waals surface area contributed by atoms with Gasteiger partial charge in [-0.2, -0.15) is 0 Å². The Bertz CT molecular complexity index is 831. The summed E-state index contributed by atoms with van der Waals surface area (Å²) in [5, 5.41) is 3.33. The zero-order chi connectivity index (χ0) is 19.7. The van der Waals surface area contributed by atoms with Crippen LogP contribution in [0.3, 0.4) is 0 Å². The van der Waals surface area contributed by atoms with Crippen LogP contribution >= 0.6 is 11.0 Å². The molecule has 0 aromatic heterocycles. The van der Waals surface area contributed by atoms with Gasteiger partial charge in [-0.25, -0.2) is 17.4 Å². The van der Waals surface area contributed by atoms with E-state index in [9.17, 15) is 17.9 Å². The lowest BCUT2D eigenvalue weighted by atomic mass is 10.2. The van der Waals surface area contributed by atoms with E-state index in [2.05, 4.69) is 5.32 Å². The number of fused-ring (bicyclic) bond motifs is 1. The van der Waals surface area contributed by atoms with Crippen LogP contribution in [0, 0.1) is 11.6 Å². The molecule has 6 nitrogen and oxygen atoms in total. The summed E-state index contributed by atoms with van der Waals surface area (Å²) in [5.74, 6) is -1.72. The van der Waals surface area contributed by atoms with Gasteiger partial charge in [-0.3, -0.25) is 9.11 Å². The number of hydrogen-bond donors (Lipinski definition) is 3. The quantitative estimate of drug-likeness (QED) is 0.564. The molecular weight excluding hydrogens is 388 g/mol. The number of hydrogen-bond acceptors (Lipinski definition) is 6. The molecule has 0 amide bonds. The Labute approximate surface area is 164 Å². The summed E-state index contributed by atoms with van der Waals surface area (Å²) in [4.78, 5) is 0. The summed E-state index contributed by atoms with van der Waals surface area (Å²) in [6, 6.07) is 10.7. The van der Waals surface area contributed by atoms with Crippen molar-refractivity contribution in [3.63, 3.8) is 0 Å². The van der Waals surface area contributed by atoms with Crippen LogP contribution in [0.5, 0.6) is 0 Å². The largest absolute Gasteiger partial charge is 0.378 e. The van der Waals surface area contributed by atoms with Gasteiger partial charge in [-0.1, -0.05) is 18.2 Å². The summed E-state index contributed by atoms with van der Waals surface area (Å²) >= 11 is 0. The molecule has 0 radical (unpaired) electrons. The van der Waals surface area contributed by atoms with E-state index in [-0.39, 0.29) is 13.2 Å². The number of nitrogens with one attached hydrogen (secondary N) is 1. The standard InChI is InChI=1S/C19H23F2N3O3S/c20-15-4-3-5-16(21)19(15)24-18-7-2-1-6-17(18)23(28(24,25)26)11-13-27-12-10-22-14-8-9-14/h1-7,14,22,25-26H,8-13H2. The summed E-state index contributed by atoms with van der Waals surface area (Å²) in [6.07, 6.45) is 2.40. The van der Waals surface area contributed by atoms with Crippen molar-refractivity contribution in [1.82, 2.24) is 5.32 Å². The smallest absolute Gasteiger partial charge is 0.151 e. The van der Waals surface area contributed by atoms with Gasteiger partial charge in [-0.15, -0.1) is 0 Å². The number of rotatable bonds is 8. The van der Waals surface area contributed by atoms with Crippen molar-refractivity contribution < 1.29 is 22.6 Å². The first-order valence-electron chi connectivity index (χ1n) is 9.20. The highest BCUT2D eigenvalue weighted by Crippen LogP contribution is 2.64. The number of halogens is 2. The van der Waals surface area contributed by atoms with Gasteiger partial charge in [0.05, 0.1) is 31.1 Å². The van der Waals surface area contributed by atoms with E-state index < -0.39 is 28.3 Å². The van der Waals surface area contributed by atoms with Crippen molar-refractivity contribution >= 4 is 28.0 Å². The minimum atomic E-state index is -3.69. The van der Waals surface area contributed by atoms with Gasteiger partial charge in [0.1, 0.15) is 5.69 Å². The van der Waals surface area contributed by atoms with Gasteiger partial charge < -0.3 is 10.1 Å². The molecule has 2 aromatic rings. The molecule has 152 valence electrons. The second-order valence-corrected chi connectivity index (χ2v) is 8.57. The minimum absolute atomic E-state index is 0.176. The van der Waals surface area contributed by atoms with Crippen molar-refractivity contribution in [2.75, 3.05) is 34.9 Å². The fraction of sp³-hybridized carbons (Fsp3) is 0.368. The van der Waals surface area contributed by atoms with Gasteiger partial charge in [0, 0.05) is 12.6 Å². The number of benzene rings is 2. The first kappa shape index (κ1) is 19.4. The molecule has 28 heavy (non-hydrogen) atoms. The molecule has 4 rings (SSSR count). The molecule has 1 aliphatic heterocycles. The maximum atomic E-state index is 14.4. The highest BCUT2D eigenvalue weighted by Gasteiger charge is 2.43. The Balaban J connectivity index is 1.53. The van der Waals surface area contributed by atoms with E-state index in [1.54, 1.807) is 24.3 Å². The number of ether oxygens (including phenoxy) is 1. The molecule has 1 saturated carbocycles. The first-order chi connectivity index (χ1) is 13.5. The Hall–Kier alpha value is -1.91. The zero-order valence-electron chi connectivity index (χ0n) is 15.2. The minimum Gasteiger partial charge on any atom is -0.378 e. The molecule has 2 aromatic carbocycles. The van der Waals surface area contributed by atoms with Crippen LogP contribution in [0.1, 0.15) is 12.8 Å². The maximum absolute atomic E-state index is 14.4. The van der Waals surface area contributed by atoms with Crippen molar-refractivity contribution in [3.8, 4) is 0 Å². The molecule has 2 aliphatic rings. The van der Waals surface area contributed by atoms with Gasteiger partial charge in [-0.05, 0) is 48.1 Å². The first-order valence-corrected chi connectivity index (χ1v) is 10.7. The fourth-order valence-electron chi connectivity index (χ4n) is 3.25. The zero-order valence-corrected chi connectivity index (χ0v) is 16.0. The molecule has 1 aliphatic carbocycles. The van der Waals surface area contributed by atoms with E-state index >= 15 is 0 Å². The van der Waals surface area contributed by atoms with Gasteiger partial charge in [0.2, 0.25) is 0 Å². The van der Waals surface area contributed by atoms with Crippen LogP contribution in [0.4, 0.5) is 25.8 Å². The summed E-state index contributed by atoms with van der Waals surface area (Å²) < 4.78 is 58.5. The molecule has 0 bridgehead atoms. The van der Waals surface area contributed by atoms with E-state index in [0.717, 1.165) is 23.0 Å². The Morgan fingerprint density at radius 1 is 1.00 bits per heavy atom. The van der Waals surface area contributed by atoms with Crippen LogP contribution in [-0.2, 0) is 4.74 Å². The maximum Gasteiger partial charge on any atom is 0.151 e. The lowest BCUT2D eigenvalue weighted by Crippen LogP contribution is -2.34. The van der Waals surface area contributed by atoms with Gasteiger partial charge >= 0.3 is 0 Å². The van der Waals surface area contributed by atoms with Crippen LogP contribution < -0.4 is 13.9 Å². The van der Waals surface area contributed by atoms with E-state index in [1.165, 1.54) is 23.2 Å². The lowest BCUT2D eigenvalue weighted by Gasteiger charge is -2.43. The Morgan fingerprint density at radius 2 is 1.68 bits per heavy atom. The van der Waals surface area contributed by atoms with Crippen LogP contribution in [0.15, 0.2) is 42.5 Å². The number of anilines is 3. The van der Waals surface area contributed by atoms with Crippen LogP contribution in [0.2, 0.25) is 0 Å². The molecule has 0 unspecified atom stereocenters. The molecule has 1 heterocycles. The highest BCUT2D eigenvalue weighted by molar-refractivity contribution is 8.27. The third-order valence-corrected chi connectivity index (χ3v) is 6.59. The predicted molar refractivity (Wildman–Crippen MR) is 107 cm³/mol. The Morgan fingerprint density at radius 3 is 2.36 bits per heavy atom. The van der Waals surface area contributed by atoms with E-state index in [0.29, 0.717) is 24.0 Å². The number of nitrogens with zero attached hydrogens (tertiary/aromatic N) is 2. The monoisotopic (exact) mass is 411 g/mol. The predicted octanol–water partition coefficient (Wildman–Crippen LogP) is 4.27. The molecular formula is C19H23F2N3O3S. The lowest BCUT2D eigenvalue weighted by molar-refractivity contribution is 0.143. The average molecular weight is 411 g/mol. The molecule has 1 fully saturated rings. The topological polar surface area (TPSA) is 68.2 Å². The molecule has 0 atom stereocenters. The van der Waals surface area contributed by atoms with Gasteiger partial charge in [0.25, 0.3) is 0 Å². The van der Waals surface area contributed by atoms with Gasteiger partial charge in [0.15, 0.2) is 11.6 Å². The SMILES string of the molecule is OS1(O)N(CCOCCNC2CC2)c2ccccc2N1c1c(F)cccc1F. The molecule has 3 N–H and O–H groups in total. The summed E-state index contributed by atoms with van der Waals surface area (Å²) in [6.45, 7) is 1.68. The molecule has 0 saturated heterocycles. The summed E-state index contributed by atoms with van der Waals surface area (Å²) in [5.41, 5.74) is 0.346. The van der Waals surface area contributed by atoms with E-state index in [1.807, 2.05) is 0 Å². The molecule has 9 heteroatoms. The number of para-hydroxylation sites is 3. The second-order valence-electron chi connectivity index (χ2n) is 6.79. The van der Waals surface area contributed by atoms with Crippen molar-refractivity contribution in [3.05, 3.63) is 54.1 Å². The normalized spacial score (nSPS) is 19.0. The van der Waals surface area contributed by atoms with Crippen molar-refractivity contribution in [2.45, 2.75) is 18.9 Å². The average Bonchev–Trinajstić information content (AvgIpc) is 3.45. The third kappa shape index (κ3) is 3.68. The van der Waals surface area contributed by atoms with Crippen molar-refractivity contribution in [2.24, 2.45) is 0 Å². The van der Waals surface area contributed by atoms with E-state index in [4.69, 9.17) is 4.74 Å². The van der Waals surface area contributed by atoms with Crippen molar-refractivity contribution in [1.29, 1.82) is 0 Å². The Kier molecular flexibility index (Phi) is 5.44.